The Kier molecular flexibility index (Phi) is 13.5. The van der Waals surface area contributed by atoms with Gasteiger partial charge < -0.3 is 66.1 Å². The fourth-order valence-electron chi connectivity index (χ4n) is 8.07. The second-order valence-electron chi connectivity index (χ2n) is 15.7. The summed E-state index contributed by atoms with van der Waals surface area (Å²) < 4.78 is 97.8. The van der Waals surface area contributed by atoms with Crippen molar-refractivity contribution in [1.29, 1.82) is 0 Å². The second kappa shape index (κ2) is 19.0. The summed E-state index contributed by atoms with van der Waals surface area (Å²) in [7, 11) is -13.7. The monoisotopic (exact) mass is 1070 g/mol. The Morgan fingerprint density at radius 2 is 1.24 bits per heavy atom. The molecule has 14 N–H and O–H groups in total. The third-order valence-corrected chi connectivity index (χ3v) is 14.3. The molecule has 9 heterocycles. The van der Waals surface area contributed by atoms with Gasteiger partial charge in [0.15, 0.2) is 52.0 Å². The van der Waals surface area contributed by atoms with Gasteiger partial charge in [-0.1, -0.05) is 0 Å². The number of nitrogens with one attached hydrogen (secondary N) is 2. The molecule has 71 heavy (non-hydrogen) atoms. The number of nitrogens with zero attached hydrogens (tertiary/aromatic N) is 10. The number of rotatable bonds is 18. The highest BCUT2D eigenvalue weighted by Crippen LogP contribution is 2.54. The zero-order valence-corrected chi connectivity index (χ0v) is 38.9. The number of hydrogen-bond donors (Lipinski definition) is 11. The SMILES string of the molecule is CO[C@]1(n2cnc3c(=O)[nH]c(N)nc32)COC(COP(=O)(O)OC)[C@H]1OP(=O)(O)OC[C@H]1OC(n2cnc3c(N)ncnc32)[C@H](O)[C@@H]1OP(=O)(O)OCC1OC(n2cnc3c(=O)[nH]c(N)nc32)[C@H](O)[C@@H]1O. The van der Waals surface area contributed by atoms with Gasteiger partial charge in [-0.15, -0.1) is 0 Å². The number of methoxy groups -OCH3 is 1. The molecular formula is C32H42N15O21P3. The van der Waals surface area contributed by atoms with Gasteiger partial charge in [-0.2, -0.15) is 9.97 Å². The minimum Gasteiger partial charge on any atom is -0.387 e. The number of nitrogen functional groups attached to an aromatic ring is 3. The molecule has 6 aromatic rings. The van der Waals surface area contributed by atoms with Gasteiger partial charge in [0.05, 0.1) is 45.4 Å². The van der Waals surface area contributed by atoms with Gasteiger partial charge >= 0.3 is 23.5 Å². The third-order valence-electron chi connectivity index (χ3n) is 11.4. The van der Waals surface area contributed by atoms with E-state index in [9.17, 15) is 53.3 Å². The molecule has 39 heteroatoms. The van der Waals surface area contributed by atoms with E-state index in [-0.39, 0.29) is 51.2 Å². The van der Waals surface area contributed by atoms with Crippen LogP contribution in [-0.2, 0) is 65.5 Å². The van der Waals surface area contributed by atoms with Gasteiger partial charge in [-0.05, 0) is 0 Å². The predicted octanol–water partition coefficient (Wildman–Crippen LogP) is -3.82. The van der Waals surface area contributed by atoms with Crippen molar-refractivity contribution in [2.45, 2.75) is 67.0 Å². The lowest BCUT2D eigenvalue weighted by Gasteiger charge is -2.35. The van der Waals surface area contributed by atoms with Gasteiger partial charge in [0.25, 0.3) is 11.1 Å². The normalized spacial score (nSPS) is 30.6. The van der Waals surface area contributed by atoms with Crippen LogP contribution in [0.3, 0.4) is 0 Å². The van der Waals surface area contributed by atoms with Crippen molar-refractivity contribution in [2.75, 3.05) is 57.8 Å². The molecule has 6 aromatic heterocycles. The average molecular weight is 1070 g/mol. The predicted molar refractivity (Wildman–Crippen MR) is 230 cm³/mol. The van der Waals surface area contributed by atoms with Crippen LogP contribution in [0, 0.1) is 0 Å². The minimum absolute atomic E-state index is 0.00771. The highest BCUT2D eigenvalue weighted by molar-refractivity contribution is 7.48. The summed E-state index contributed by atoms with van der Waals surface area (Å²) in [6, 6.07) is 0. The highest BCUT2D eigenvalue weighted by atomic mass is 31.2. The summed E-state index contributed by atoms with van der Waals surface area (Å²) in [5, 5.41) is 33.5. The summed E-state index contributed by atoms with van der Waals surface area (Å²) in [6.45, 7) is -3.52. The van der Waals surface area contributed by atoms with E-state index >= 15 is 0 Å². The lowest BCUT2D eigenvalue weighted by Crippen LogP contribution is -2.50. The number of aromatic amines is 2. The molecule has 14 atom stereocenters. The summed E-state index contributed by atoms with van der Waals surface area (Å²) in [4.78, 5) is 90.2. The standard InChI is InChI=1S/C32H42N15O21P3/c1-59-32(47-10-40-16-25(47)42-31(35)44-27(16)52)6-61-13(5-62-69(53,54)60-2)21(32)68-71(57,58)64-4-12-20(19(50)29(66-12)45-8-38-14-22(33)36-7-37-23(14)45)67-70(55,56)63-3-11-17(48)18(49)28(65-11)46-9-39-15-24(46)41-30(34)43-26(15)51/h7-13,17-21,28-29,48-50H,3-6H2,1-2H3,(H,53,54)(H,55,56)(H,57,58)(H2,33,36,37)(H3,34,41,43,51)(H3,35,42,44,52)/t11?,12-,13?,17-,18-,19-,20-,21-,28?,29?,32-/m1/s1. The molecule has 0 aliphatic carbocycles. The van der Waals surface area contributed by atoms with Crippen molar-refractivity contribution in [3.05, 3.63) is 46.0 Å². The number of phosphoric acid groups is 3. The van der Waals surface area contributed by atoms with Crippen LogP contribution in [0.25, 0.3) is 33.5 Å². The Bertz CT molecular complexity index is 3250. The lowest BCUT2D eigenvalue weighted by atomic mass is 10.1. The molecule has 36 nitrogen and oxygen atoms in total. The minimum atomic E-state index is -5.55. The number of anilines is 3. The quantitative estimate of drug-likeness (QED) is 0.0368. The second-order valence-corrected chi connectivity index (χ2v) is 20.0. The number of phosphoric ester groups is 3. The van der Waals surface area contributed by atoms with Crippen LogP contribution in [0.4, 0.5) is 17.7 Å². The van der Waals surface area contributed by atoms with Crippen LogP contribution in [0.5, 0.6) is 0 Å². The van der Waals surface area contributed by atoms with E-state index in [1.54, 1.807) is 0 Å². The molecular weight excluding hydrogens is 1020 g/mol. The van der Waals surface area contributed by atoms with E-state index < -0.39 is 128 Å². The Hall–Kier alpha value is -5.30. The summed E-state index contributed by atoms with van der Waals surface area (Å²) in [6.07, 6.45) is -13.2. The number of fused-ring (bicyclic) bond motifs is 3. The Labute approximate surface area is 393 Å². The Balaban J connectivity index is 0.965. The Morgan fingerprint density at radius 1 is 0.690 bits per heavy atom. The number of aliphatic hydroxyl groups is 3. The van der Waals surface area contributed by atoms with Crippen molar-refractivity contribution in [3.8, 4) is 0 Å². The largest absolute Gasteiger partial charge is 0.472 e. The first kappa shape index (κ1) is 50.6. The fourth-order valence-corrected chi connectivity index (χ4v) is 10.5. The lowest BCUT2D eigenvalue weighted by molar-refractivity contribution is -0.135. The maximum absolute atomic E-state index is 14.1. The number of H-pyrrole nitrogens is 2. The van der Waals surface area contributed by atoms with Gasteiger partial charge in [0, 0.05) is 14.2 Å². The first-order chi connectivity index (χ1) is 33.6. The molecule has 7 unspecified atom stereocenters. The van der Waals surface area contributed by atoms with Crippen LogP contribution >= 0.6 is 23.5 Å². The summed E-state index contributed by atoms with van der Waals surface area (Å²) in [5.41, 5.74) is 13.0. The fraction of sp³-hybridized carbons (Fsp3) is 0.531. The topological polar surface area (TPSA) is 514 Å². The van der Waals surface area contributed by atoms with Crippen molar-refractivity contribution in [1.82, 2.24) is 58.6 Å². The van der Waals surface area contributed by atoms with Crippen LogP contribution < -0.4 is 28.3 Å². The first-order valence-corrected chi connectivity index (χ1v) is 24.8. The molecule has 3 saturated heterocycles. The smallest absolute Gasteiger partial charge is 0.387 e. The molecule has 3 fully saturated rings. The maximum atomic E-state index is 14.1. The van der Waals surface area contributed by atoms with Crippen LogP contribution in [0.2, 0.25) is 0 Å². The summed E-state index contributed by atoms with van der Waals surface area (Å²) in [5.74, 6) is -0.743. The van der Waals surface area contributed by atoms with E-state index in [1.807, 2.05) is 0 Å². The molecule has 3 aliphatic rings. The van der Waals surface area contributed by atoms with Gasteiger partial charge in [-0.25, -0.2) is 38.6 Å². The Morgan fingerprint density at radius 3 is 1.92 bits per heavy atom. The van der Waals surface area contributed by atoms with E-state index in [4.69, 9.17) is 58.8 Å². The number of ether oxygens (including phenoxy) is 4. The molecule has 0 aromatic carbocycles. The number of aliphatic hydroxyl groups excluding tert-OH is 3. The molecule has 0 bridgehead atoms. The summed E-state index contributed by atoms with van der Waals surface area (Å²) >= 11 is 0. The number of nitrogens with two attached hydrogens (primary N) is 3. The van der Waals surface area contributed by atoms with Crippen LogP contribution in [0.1, 0.15) is 12.5 Å². The van der Waals surface area contributed by atoms with Crippen molar-refractivity contribution >= 4 is 74.7 Å². The van der Waals surface area contributed by atoms with Crippen molar-refractivity contribution in [3.63, 3.8) is 0 Å². The number of aromatic nitrogens is 12. The number of imidazole rings is 3. The third kappa shape index (κ3) is 9.49. The molecule has 0 saturated carbocycles. The molecule has 9 rings (SSSR count). The van der Waals surface area contributed by atoms with E-state index in [2.05, 4.69) is 49.4 Å². The van der Waals surface area contributed by atoms with Crippen LogP contribution in [-0.4, -0.2) is 178 Å². The molecule has 0 radical (unpaired) electrons. The molecule has 3 aliphatic heterocycles. The molecule has 0 spiro atoms. The number of hydrogen-bond acceptors (Lipinski definition) is 28. The van der Waals surface area contributed by atoms with Gasteiger partial charge in [0.2, 0.25) is 11.9 Å². The van der Waals surface area contributed by atoms with E-state index in [0.29, 0.717) is 0 Å². The average Bonchev–Trinajstić information content (AvgIpc) is 4.18. The van der Waals surface area contributed by atoms with E-state index in [0.717, 1.165) is 53.2 Å². The van der Waals surface area contributed by atoms with E-state index in [1.165, 1.54) is 0 Å². The maximum Gasteiger partial charge on any atom is 0.472 e. The van der Waals surface area contributed by atoms with Gasteiger partial charge in [-0.3, -0.25) is 60.4 Å². The van der Waals surface area contributed by atoms with Crippen molar-refractivity contribution < 1.29 is 89.8 Å². The van der Waals surface area contributed by atoms with Crippen LogP contribution in [0.15, 0.2) is 34.9 Å². The molecule has 386 valence electrons. The molecule has 0 amide bonds. The van der Waals surface area contributed by atoms with Crippen molar-refractivity contribution in [2.24, 2.45) is 0 Å². The first-order valence-electron chi connectivity index (χ1n) is 20.3. The highest BCUT2D eigenvalue weighted by Gasteiger charge is 2.58. The zero-order valence-electron chi connectivity index (χ0n) is 36.3. The zero-order chi connectivity index (χ0) is 50.9. The van der Waals surface area contributed by atoms with Gasteiger partial charge in [0.1, 0.15) is 60.7 Å².